The van der Waals surface area contributed by atoms with Gasteiger partial charge in [-0.1, -0.05) is 41.4 Å². The first kappa shape index (κ1) is 16.8. The number of hydrogen-bond acceptors (Lipinski definition) is 2. The van der Waals surface area contributed by atoms with E-state index in [0.717, 1.165) is 5.56 Å². The van der Waals surface area contributed by atoms with Gasteiger partial charge in [0.1, 0.15) is 5.60 Å². The molecule has 0 radical (unpaired) electrons. The van der Waals surface area contributed by atoms with Gasteiger partial charge in [0.2, 0.25) is 0 Å². The lowest BCUT2D eigenvalue weighted by Gasteiger charge is -2.29. The zero-order chi connectivity index (χ0) is 16.2. The average Bonchev–Trinajstić information content (AvgIpc) is 2.52. The van der Waals surface area contributed by atoms with Crippen molar-refractivity contribution < 1.29 is 9.53 Å². The molecule has 0 heterocycles. The van der Waals surface area contributed by atoms with Crippen LogP contribution in [0.2, 0.25) is 10.0 Å². The Morgan fingerprint density at radius 1 is 1.14 bits per heavy atom. The third kappa shape index (κ3) is 4.01. The van der Waals surface area contributed by atoms with Crippen LogP contribution >= 0.6 is 23.2 Å². The molecule has 0 aliphatic rings. The molecular formula is C17H17Cl2NO2. The van der Waals surface area contributed by atoms with Crippen LogP contribution in [0.4, 0.5) is 0 Å². The molecule has 1 amide bonds. The number of halogens is 2. The van der Waals surface area contributed by atoms with Gasteiger partial charge in [0, 0.05) is 22.7 Å². The Balaban J connectivity index is 2.12. The van der Waals surface area contributed by atoms with E-state index in [9.17, 15) is 4.79 Å². The van der Waals surface area contributed by atoms with E-state index in [-0.39, 0.29) is 5.91 Å². The SMILES string of the molecule is COC(C)(CNC(=O)c1cccc(Cl)c1)c1cccc(Cl)c1. The molecule has 0 bridgehead atoms. The second kappa shape index (κ2) is 7.14. The van der Waals surface area contributed by atoms with E-state index in [1.807, 2.05) is 25.1 Å². The Morgan fingerprint density at radius 3 is 2.36 bits per heavy atom. The molecule has 22 heavy (non-hydrogen) atoms. The first-order chi connectivity index (χ1) is 10.4. The van der Waals surface area contributed by atoms with Crippen LogP contribution in [-0.4, -0.2) is 19.6 Å². The van der Waals surface area contributed by atoms with Crippen LogP contribution in [0.15, 0.2) is 48.5 Å². The molecule has 2 aromatic rings. The molecule has 1 unspecified atom stereocenters. The Hall–Kier alpha value is -1.55. The highest BCUT2D eigenvalue weighted by atomic mass is 35.5. The molecule has 0 aromatic heterocycles. The van der Waals surface area contributed by atoms with E-state index < -0.39 is 5.60 Å². The van der Waals surface area contributed by atoms with Gasteiger partial charge < -0.3 is 10.1 Å². The van der Waals surface area contributed by atoms with Crippen molar-refractivity contribution >= 4 is 29.1 Å². The molecule has 0 aliphatic carbocycles. The Morgan fingerprint density at radius 2 is 1.77 bits per heavy atom. The number of amides is 1. The van der Waals surface area contributed by atoms with Crippen LogP contribution in [0, 0.1) is 0 Å². The van der Waals surface area contributed by atoms with Gasteiger partial charge >= 0.3 is 0 Å². The van der Waals surface area contributed by atoms with Crippen molar-refractivity contribution in [2.75, 3.05) is 13.7 Å². The summed E-state index contributed by atoms with van der Waals surface area (Å²) in [6, 6.07) is 14.2. The van der Waals surface area contributed by atoms with Crippen molar-refractivity contribution in [2.24, 2.45) is 0 Å². The molecule has 3 nitrogen and oxygen atoms in total. The molecule has 5 heteroatoms. The van der Waals surface area contributed by atoms with Gasteiger partial charge in [-0.25, -0.2) is 0 Å². The highest BCUT2D eigenvalue weighted by molar-refractivity contribution is 6.31. The maximum atomic E-state index is 12.2. The second-order valence-corrected chi connectivity index (χ2v) is 6.01. The molecule has 2 rings (SSSR count). The first-order valence-electron chi connectivity index (χ1n) is 6.79. The van der Waals surface area contributed by atoms with Gasteiger partial charge in [0.05, 0.1) is 6.54 Å². The van der Waals surface area contributed by atoms with Gasteiger partial charge in [-0.15, -0.1) is 0 Å². The smallest absolute Gasteiger partial charge is 0.251 e. The molecule has 0 saturated carbocycles. The zero-order valence-corrected chi connectivity index (χ0v) is 13.9. The molecule has 0 spiro atoms. The van der Waals surface area contributed by atoms with Crippen molar-refractivity contribution in [3.05, 3.63) is 69.7 Å². The van der Waals surface area contributed by atoms with E-state index in [1.54, 1.807) is 37.4 Å². The summed E-state index contributed by atoms with van der Waals surface area (Å²) in [4.78, 5) is 12.2. The maximum Gasteiger partial charge on any atom is 0.251 e. The number of benzene rings is 2. The zero-order valence-electron chi connectivity index (χ0n) is 12.4. The van der Waals surface area contributed by atoms with Gasteiger partial charge in [-0.3, -0.25) is 4.79 Å². The van der Waals surface area contributed by atoms with Gasteiger partial charge in [-0.2, -0.15) is 0 Å². The number of methoxy groups -OCH3 is 1. The third-order valence-electron chi connectivity index (χ3n) is 3.56. The second-order valence-electron chi connectivity index (χ2n) is 5.14. The summed E-state index contributed by atoms with van der Waals surface area (Å²) in [5.41, 5.74) is 0.741. The topological polar surface area (TPSA) is 38.3 Å². The lowest BCUT2D eigenvalue weighted by Crippen LogP contribution is -2.40. The Kier molecular flexibility index (Phi) is 5.46. The standard InChI is InChI=1S/C17H17Cl2NO2/c1-17(22-2,13-6-4-8-15(19)10-13)11-20-16(21)12-5-3-7-14(18)9-12/h3-10H,11H2,1-2H3,(H,20,21). The summed E-state index contributed by atoms with van der Waals surface area (Å²) < 4.78 is 5.59. The summed E-state index contributed by atoms with van der Waals surface area (Å²) in [6.07, 6.45) is 0. The fourth-order valence-corrected chi connectivity index (χ4v) is 2.47. The highest BCUT2D eigenvalue weighted by Crippen LogP contribution is 2.26. The molecule has 0 aliphatic heterocycles. The van der Waals surface area contributed by atoms with Crippen molar-refractivity contribution in [1.29, 1.82) is 0 Å². The van der Waals surface area contributed by atoms with Crippen LogP contribution in [0.25, 0.3) is 0 Å². The number of carbonyl (C=O) groups is 1. The minimum Gasteiger partial charge on any atom is -0.372 e. The molecule has 0 fully saturated rings. The van der Waals surface area contributed by atoms with Crippen LogP contribution in [0.5, 0.6) is 0 Å². The first-order valence-corrected chi connectivity index (χ1v) is 7.55. The van der Waals surface area contributed by atoms with E-state index in [4.69, 9.17) is 27.9 Å². The van der Waals surface area contributed by atoms with E-state index in [0.29, 0.717) is 22.2 Å². The van der Waals surface area contributed by atoms with Crippen molar-refractivity contribution in [3.8, 4) is 0 Å². The lowest BCUT2D eigenvalue weighted by molar-refractivity contribution is 0.00315. The Bertz CT molecular complexity index is 675. The summed E-state index contributed by atoms with van der Waals surface area (Å²) in [5, 5.41) is 4.02. The molecule has 0 saturated heterocycles. The quantitative estimate of drug-likeness (QED) is 0.883. The number of nitrogens with one attached hydrogen (secondary N) is 1. The van der Waals surface area contributed by atoms with Gasteiger partial charge in [0.15, 0.2) is 0 Å². The third-order valence-corrected chi connectivity index (χ3v) is 4.03. The predicted molar refractivity (Wildman–Crippen MR) is 89.6 cm³/mol. The molecule has 116 valence electrons. The van der Waals surface area contributed by atoms with Crippen molar-refractivity contribution in [2.45, 2.75) is 12.5 Å². The largest absolute Gasteiger partial charge is 0.372 e. The van der Waals surface area contributed by atoms with Crippen molar-refractivity contribution in [3.63, 3.8) is 0 Å². The fraction of sp³-hybridized carbons (Fsp3) is 0.235. The number of hydrogen-bond donors (Lipinski definition) is 1. The normalized spacial score (nSPS) is 13.5. The summed E-state index contributed by atoms with van der Waals surface area (Å²) in [6.45, 7) is 2.21. The van der Waals surface area contributed by atoms with Crippen LogP contribution in [0.3, 0.4) is 0 Å². The van der Waals surface area contributed by atoms with Crippen LogP contribution in [-0.2, 0) is 10.3 Å². The fourth-order valence-electron chi connectivity index (χ4n) is 2.09. The highest BCUT2D eigenvalue weighted by Gasteiger charge is 2.27. The van der Waals surface area contributed by atoms with E-state index in [1.165, 1.54) is 0 Å². The maximum absolute atomic E-state index is 12.2. The number of carbonyl (C=O) groups excluding carboxylic acids is 1. The summed E-state index contributed by atoms with van der Waals surface area (Å²) >= 11 is 11.9. The predicted octanol–water partition coefficient (Wildman–Crippen LogP) is 4.29. The molecule has 1 atom stereocenters. The molecule has 1 N–H and O–H groups in total. The van der Waals surface area contributed by atoms with Gasteiger partial charge in [0.25, 0.3) is 5.91 Å². The van der Waals surface area contributed by atoms with Crippen molar-refractivity contribution in [1.82, 2.24) is 5.32 Å². The average molecular weight is 338 g/mol. The number of rotatable bonds is 5. The lowest BCUT2D eigenvalue weighted by atomic mass is 9.95. The minimum atomic E-state index is -0.668. The number of ether oxygens (including phenoxy) is 1. The monoisotopic (exact) mass is 337 g/mol. The summed E-state index contributed by atoms with van der Waals surface area (Å²) in [5.74, 6) is -0.201. The van der Waals surface area contributed by atoms with Crippen LogP contribution < -0.4 is 5.32 Å². The summed E-state index contributed by atoms with van der Waals surface area (Å²) in [7, 11) is 1.60. The minimum absolute atomic E-state index is 0.201. The van der Waals surface area contributed by atoms with Gasteiger partial charge in [-0.05, 0) is 42.8 Å². The molecular weight excluding hydrogens is 321 g/mol. The molecule has 2 aromatic carbocycles. The van der Waals surface area contributed by atoms with Crippen LogP contribution in [0.1, 0.15) is 22.8 Å². The Labute approximate surface area is 140 Å². The van der Waals surface area contributed by atoms with E-state index >= 15 is 0 Å². The van der Waals surface area contributed by atoms with E-state index in [2.05, 4.69) is 5.32 Å².